The summed E-state index contributed by atoms with van der Waals surface area (Å²) in [5.74, 6) is 0.173. The molecule has 1 aliphatic rings. The van der Waals surface area contributed by atoms with Gasteiger partial charge in [0.1, 0.15) is 0 Å². The van der Waals surface area contributed by atoms with E-state index in [2.05, 4.69) is 15.5 Å². The van der Waals surface area contributed by atoms with Gasteiger partial charge in [-0.25, -0.2) is 0 Å². The van der Waals surface area contributed by atoms with E-state index < -0.39 is 0 Å². The normalized spacial score (nSPS) is 14.0. The van der Waals surface area contributed by atoms with Crippen LogP contribution >= 0.6 is 0 Å². The molecule has 0 unspecified atom stereocenters. The van der Waals surface area contributed by atoms with Crippen LogP contribution in [0.15, 0.2) is 76.7 Å². The molecule has 1 aliphatic heterocycles. The molecule has 19 heavy (non-hydrogen) atoms. The zero-order chi connectivity index (χ0) is 13.1. The number of rotatable bonds is 3. The van der Waals surface area contributed by atoms with E-state index in [-0.39, 0.29) is 5.91 Å². The average molecular weight is 249 g/mol. The Morgan fingerprint density at radius 3 is 2.11 bits per heavy atom. The van der Waals surface area contributed by atoms with Crippen molar-refractivity contribution >= 4 is 17.2 Å². The van der Waals surface area contributed by atoms with E-state index in [1.807, 2.05) is 60.7 Å². The summed E-state index contributed by atoms with van der Waals surface area (Å²) in [5, 5.41) is 10.7. The molecule has 0 aliphatic carbocycles. The molecular formula is C15H11N3O. The van der Waals surface area contributed by atoms with Crippen molar-refractivity contribution in [3.8, 4) is 0 Å². The summed E-state index contributed by atoms with van der Waals surface area (Å²) in [5.41, 5.74) is 2.19. The summed E-state index contributed by atoms with van der Waals surface area (Å²) >= 11 is 0. The molecule has 0 radical (unpaired) electrons. The molecule has 4 nitrogen and oxygen atoms in total. The molecule has 0 fully saturated rings. The third-order valence-electron chi connectivity index (χ3n) is 2.79. The van der Waals surface area contributed by atoms with Gasteiger partial charge in [-0.05, 0) is 17.7 Å². The van der Waals surface area contributed by atoms with Gasteiger partial charge in [-0.1, -0.05) is 48.5 Å². The lowest BCUT2D eigenvalue weighted by Gasteiger charge is -2.06. The molecule has 1 amide bonds. The zero-order valence-electron chi connectivity index (χ0n) is 10.1. The Morgan fingerprint density at radius 2 is 1.42 bits per heavy atom. The van der Waals surface area contributed by atoms with E-state index in [1.54, 1.807) is 0 Å². The lowest BCUT2D eigenvalue weighted by molar-refractivity contribution is -0.112. The predicted molar refractivity (Wildman–Crippen MR) is 73.3 cm³/mol. The topological polar surface area (TPSA) is 53.8 Å². The van der Waals surface area contributed by atoms with Crippen LogP contribution in [0.4, 0.5) is 5.69 Å². The number of hydrogen-bond acceptors (Lipinski definition) is 3. The van der Waals surface area contributed by atoms with Gasteiger partial charge in [0, 0.05) is 5.69 Å². The second-order valence-corrected chi connectivity index (χ2v) is 4.09. The minimum atomic E-state index is -0.315. The van der Waals surface area contributed by atoms with Crippen LogP contribution in [0.1, 0.15) is 5.56 Å². The van der Waals surface area contributed by atoms with Gasteiger partial charge in [-0.15, -0.1) is 10.2 Å². The van der Waals surface area contributed by atoms with Crippen LogP contribution in [0.5, 0.6) is 0 Å². The van der Waals surface area contributed by atoms with Crippen molar-refractivity contribution in [1.82, 2.24) is 0 Å². The highest BCUT2D eigenvalue weighted by atomic mass is 16.2. The average Bonchev–Trinajstić information content (AvgIpc) is 2.82. The van der Waals surface area contributed by atoms with Crippen molar-refractivity contribution in [1.29, 1.82) is 0 Å². The number of carbonyl (C=O) groups excluding carboxylic acids is 1. The largest absolute Gasteiger partial charge is 0.338 e. The Bertz CT molecular complexity index is 660. The molecule has 0 saturated heterocycles. The van der Waals surface area contributed by atoms with E-state index in [9.17, 15) is 4.79 Å². The lowest BCUT2D eigenvalue weighted by Crippen LogP contribution is -2.02. The lowest BCUT2D eigenvalue weighted by atomic mass is 10.1. The summed E-state index contributed by atoms with van der Waals surface area (Å²) in [6, 6.07) is 19.0. The third kappa shape index (κ3) is 2.28. The molecule has 92 valence electrons. The first-order chi connectivity index (χ1) is 9.34. The number of hydrogen-bond donors (Lipinski definition) is 1. The first-order valence-corrected chi connectivity index (χ1v) is 5.92. The molecule has 2 aromatic rings. The quantitative estimate of drug-likeness (QED) is 0.905. The number of amides is 1. The highest BCUT2D eigenvalue weighted by molar-refractivity contribution is 6.22. The molecule has 0 atom stereocenters. The Hall–Kier alpha value is -2.75. The van der Waals surface area contributed by atoms with Gasteiger partial charge in [0.15, 0.2) is 5.82 Å². The van der Waals surface area contributed by atoms with Crippen LogP contribution in [0.2, 0.25) is 0 Å². The maximum atomic E-state index is 11.8. The molecular weight excluding hydrogens is 238 g/mol. The maximum Gasteiger partial charge on any atom is 0.299 e. The van der Waals surface area contributed by atoms with Gasteiger partial charge in [-0.3, -0.25) is 4.79 Å². The summed E-state index contributed by atoms with van der Waals surface area (Å²) in [6.07, 6.45) is 0. The predicted octanol–water partition coefficient (Wildman–Crippen LogP) is 3.46. The summed E-state index contributed by atoms with van der Waals surface area (Å²) in [4.78, 5) is 11.8. The highest BCUT2D eigenvalue weighted by Crippen LogP contribution is 2.27. The van der Waals surface area contributed by atoms with E-state index in [4.69, 9.17) is 0 Å². The van der Waals surface area contributed by atoms with Gasteiger partial charge < -0.3 is 5.32 Å². The van der Waals surface area contributed by atoms with Crippen molar-refractivity contribution in [3.05, 3.63) is 72.0 Å². The fourth-order valence-corrected chi connectivity index (χ4v) is 1.91. The van der Waals surface area contributed by atoms with Gasteiger partial charge >= 0.3 is 0 Å². The fraction of sp³-hybridized carbons (Fsp3) is 0. The van der Waals surface area contributed by atoms with Crippen molar-refractivity contribution in [2.75, 3.05) is 5.32 Å². The maximum absolute atomic E-state index is 11.8. The van der Waals surface area contributed by atoms with E-state index in [0.717, 1.165) is 11.3 Å². The SMILES string of the molecule is O=C1N=NC(Nc2ccccc2)=C1c1ccccc1. The number of para-hydroxylation sites is 1. The Kier molecular flexibility index (Phi) is 2.90. The standard InChI is InChI=1S/C15H11N3O/c19-15-13(11-7-3-1-4-8-11)14(17-18-15)16-12-9-5-2-6-10-12/h1-10,16H. The third-order valence-corrected chi connectivity index (χ3v) is 2.79. The van der Waals surface area contributed by atoms with Gasteiger partial charge in [0.2, 0.25) is 0 Å². The van der Waals surface area contributed by atoms with Crippen LogP contribution in [0, 0.1) is 0 Å². The molecule has 1 N–H and O–H groups in total. The van der Waals surface area contributed by atoms with Crippen LogP contribution in [0.3, 0.4) is 0 Å². The molecule has 0 spiro atoms. The summed E-state index contributed by atoms with van der Waals surface area (Å²) < 4.78 is 0. The zero-order valence-corrected chi connectivity index (χ0v) is 10.1. The number of azo groups is 1. The first-order valence-electron chi connectivity index (χ1n) is 5.92. The molecule has 0 saturated carbocycles. The van der Waals surface area contributed by atoms with Gasteiger partial charge in [0.25, 0.3) is 5.91 Å². The van der Waals surface area contributed by atoms with Crippen LogP contribution in [-0.2, 0) is 4.79 Å². The smallest absolute Gasteiger partial charge is 0.299 e. The van der Waals surface area contributed by atoms with Gasteiger partial charge in [-0.2, -0.15) is 0 Å². The highest BCUT2D eigenvalue weighted by Gasteiger charge is 2.22. The fourth-order valence-electron chi connectivity index (χ4n) is 1.91. The van der Waals surface area contributed by atoms with Crippen molar-refractivity contribution < 1.29 is 4.79 Å². The molecule has 1 heterocycles. The van der Waals surface area contributed by atoms with Crippen molar-refractivity contribution in [2.24, 2.45) is 10.2 Å². The molecule has 0 aromatic heterocycles. The van der Waals surface area contributed by atoms with Gasteiger partial charge in [0.05, 0.1) is 5.57 Å². The molecule has 0 bridgehead atoms. The van der Waals surface area contributed by atoms with Crippen LogP contribution in [0.25, 0.3) is 5.57 Å². The van der Waals surface area contributed by atoms with Crippen LogP contribution in [-0.4, -0.2) is 5.91 Å². The number of benzene rings is 2. The number of nitrogens with zero attached hydrogens (tertiary/aromatic N) is 2. The second-order valence-electron chi connectivity index (χ2n) is 4.09. The molecule has 2 aromatic carbocycles. The van der Waals surface area contributed by atoms with E-state index >= 15 is 0 Å². The van der Waals surface area contributed by atoms with Crippen molar-refractivity contribution in [3.63, 3.8) is 0 Å². The molecule has 3 rings (SSSR count). The van der Waals surface area contributed by atoms with Crippen molar-refractivity contribution in [2.45, 2.75) is 0 Å². The Labute approximate surface area is 110 Å². The Balaban J connectivity index is 1.99. The molecule has 4 heteroatoms. The monoisotopic (exact) mass is 249 g/mol. The number of carbonyl (C=O) groups is 1. The summed E-state index contributed by atoms with van der Waals surface area (Å²) in [7, 11) is 0. The van der Waals surface area contributed by atoms with E-state index in [0.29, 0.717) is 11.4 Å². The second kappa shape index (κ2) is 4.86. The van der Waals surface area contributed by atoms with Crippen LogP contribution < -0.4 is 5.32 Å². The summed E-state index contributed by atoms with van der Waals surface area (Å²) in [6.45, 7) is 0. The first kappa shape index (κ1) is 11.3. The number of anilines is 1. The minimum absolute atomic E-state index is 0.315. The minimum Gasteiger partial charge on any atom is -0.338 e. The van der Waals surface area contributed by atoms with E-state index in [1.165, 1.54) is 0 Å². The Morgan fingerprint density at radius 1 is 0.789 bits per heavy atom. The number of nitrogens with one attached hydrogen (secondary N) is 1.